The van der Waals surface area contributed by atoms with Crippen molar-refractivity contribution in [2.45, 2.75) is 25.6 Å². The highest BCUT2D eigenvalue weighted by Gasteiger charge is 2.18. The molecule has 1 aliphatic rings. The van der Waals surface area contributed by atoms with Gasteiger partial charge in [-0.25, -0.2) is 4.39 Å². The lowest BCUT2D eigenvalue weighted by Gasteiger charge is -2.22. The maximum absolute atomic E-state index is 13.5. The van der Waals surface area contributed by atoms with Gasteiger partial charge in [-0.2, -0.15) is 0 Å². The summed E-state index contributed by atoms with van der Waals surface area (Å²) in [6, 6.07) is 17.7. The van der Waals surface area contributed by atoms with E-state index in [0.29, 0.717) is 25.3 Å². The molecule has 1 atom stereocenters. The molecule has 32 heavy (non-hydrogen) atoms. The van der Waals surface area contributed by atoms with Gasteiger partial charge in [-0.15, -0.1) is 0 Å². The van der Waals surface area contributed by atoms with Crippen molar-refractivity contribution in [1.29, 1.82) is 0 Å². The number of pyridine rings is 1. The Morgan fingerprint density at radius 2 is 1.91 bits per heavy atom. The second-order valence-electron chi connectivity index (χ2n) is 7.69. The Bertz CT molecular complexity index is 1070. The number of rotatable bonds is 8. The van der Waals surface area contributed by atoms with Crippen LogP contribution in [0.15, 0.2) is 79.1 Å². The summed E-state index contributed by atoms with van der Waals surface area (Å²) in [5.41, 5.74) is 2.57. The van der Waals surface area contributed by atoms with Crippen LogP contribution in [0.25, 0.3) is 6.08 Å². The fourth-order valence-corrected chi connectivity index (χ4v) is 3.54. The third-order valence-corrected chi connectivity index (χ3v) is 5.16. The molecule has 0 N–H and O–H groups in total. The van der Waals surface area contributed by atoms with Crippen molar-refractivity contribution in [3.8, 4) is 5.75 Å². The lowest BCUT2D eigenvalue weighted by molar-refractivity contribution is -0.127. The van der Waals surface area contributed by atoms with Crippen LogP contribution >= 0.6 is 0 Å². The number of aromatic nitrogens is 1. The number of amides is 1. The average Bonchev–Trinajstić information content (AvgIpc) is 3.31. The van der Waals surface area contributed by atoms with E-state index < -0.39 is 0 Å². The summed E-state index contributed by atoms with van der Waals surface area (Å²) >= 11 is 0. The summed E-state index contributed by atoms with van der Waals surface area (Å²) in [7, 11) is 0. The standard InChI is InChI=1S/C26H25FN2O3/c27-23-5-1-3-20(15-23)7-8-26(30)29(17-21-9-12-28-13-10-21)18-22-4-2-6-24(16-22)32-25-11-14-31-19-25/h1-10,12-13,15-16,25H,11,14,17-19H2/b8-7+/t25-/m1/s1. The fourth-order valence-electron chi connectivity index (χ4n) is 3.54. The van der Waals surface area contributed by atoms with Crippen molar-refractivity contribution in [3.63, 3.8) is 0 Å². The van der Waals surface area contributed by atoms with Crippen LogP contribution in [-0.4, -0.2) is 35.1 Å². The van der Waals surface area contributed by atoms with Gasteiger partial charge in [0.1, 0.15) is 17.7 Å². The number of hydrogen-bond donors (Lipinski definition) is 0. The molecule has 0 bridgehead atoms. The van der Waals surface area contributed by atoms with Crippen LogP contribution in [0, 0.1) is 5.82 Å². The molecule has 4 rings (SSSR count). The minimum absolute atomic E-state index is 0.0639. The predicted octanol–water partition coefficient (Wildman–Crippen LogP) is 4.63. The topological polar surface area (TPSA) is 51.7 Å². The number of hydrogen-bond acceptors (Lipinski definition) is 4. The minimum Gasteiger partial charge on any atom is -0.488 e. The van der Waals surface area contributed by atoms with Crippen molar-refractivity contribution >= 4 is 12.0 Å². The molecular formula is C26H25FN2O3. The number of halogens is 1. The number of carbonyl (C=O) groups excluding carboxylic acids is 1. The predicted molar refractivity (Wildman–Crippen MR) is 120 cm³/mol. The Morgan fingerprint density at radius 1 is 1.09 bits per heavy atom. The smallest absolute Gasteiger partial charge is 0.247 e. The third-order valence-electron chi connectivity index (χ3n) is 5.16. The third kappa shape index (κ3) is 6.25. The lowest BCUT2D eigenvalue weighted by atomic mass is 10.1. The summed E-state index contributed by atoms with van der Waals surface area (Å²) in [4.78, 5) is 18.8. The fraction of sp³-hybridized carbons (Fsp3) is 0.231. The van der Waals surface area contributed by atoms with Crippen molar-refractivity contribution in [1.82, 2.24) is 9.88 Å². The van der Waals surface area contributed by atoms with E-state index in [1.54, 1.807) is 35.5 Å². The number of benzene rings is 2. The zero-order valence-electron chi connectivity index (χ0n) is 17.7. The van der Waals surface area contributed by atoms with Crippen LogP contribution < -0.4 is 4.74 Å². The second kappa shape index (κ2) is 10.7. The molecular weight excluding hydrogens is 407 g/mol. The zero-order valence-corrected chi connectivity index (χ0v) is 17.7. The van der Waals surface area contributed by atoms with Gasteiger partial charge >= 0.3 is 0 Å². The largest absolute Gasteiger partial charge is 0.488 e. The Morgan fingerprint density at radius 3 is 2.69 bits per heavy atom. The van der Waals surface area contributed by atoms with Gasteiger partial charge in [-0.1, -0.05) is 24.3 Å². The molecule has 5 nitrogen and oxygen atoms in total. The Balaban J connectivity index is 1.50. The van der Waals surface area contributed by atoms with E-state index in [1.807, 2.05) is 36.4 Å². The molecule has 0 aliphatic carbocycles. The number of ether oxygens (including phenoxy) is 2. The van der Waals surface area contributed by atoms with E-state index in [9.17, 15) is 9.18 Å². The van der Waals surface area contributed by atoms with Gasteiger partial charge in [0.15, 0.2) is 0 Å². The number of carbonyl (C=O) groups is 1. The molecule has 1 aliphatic heterocycles. The maximum Gasteiger partial charge on any atom is 0.247 e. The quantitative estimate of drug-likeness (QED) is 0.487. The molecule has 2 aromatic carbocycles. The molecule has 1 amide bonds. The van der Waals surface area contributed by atoms with E-state index in [0.717, 1.165) is 29.9 Å². The molecule has 1 saturated heterocycles. The van der Waals surface area contributed by atoms with Crippen molar-refractivity contribution in [3.05, 3.63) is 102 Å². The molecule has 0 unspecified atom stereocenters. The molecule has 1 aromatic heterocycles. The van der Waals surface area contributed by atoms with Gasteiger partial charge in [0.25, 0.3) is 0 Å². The SMILES string of the molecule is O=C(/C=C/c1cccc(F)c1)N(Cc1ccncc1)Cc1cccc(O[C@@H]2CCOC2)c1. The molecule has 6 heteroatoms. The normalized spacial score (nSPS) is 15.7. The number of nitrogens with zero attached hydrogens (tertiary/aromatic N) is 2. The summed E-state index contributed by atoms with van der Waals surface area (Å²) in [6.45, 7) is 2.15. The van der Waals surface area contributed by atoms with Crippen LogP contribution in [0.2, 0.25) is 0 Å². The summed E-state index contributed by atoms with van der Waals surface area (Å²) in [5, 5.41) is 0. The van der Waals surface area contributed by atoms with Crippen molar-refractivity contribution in [2.75, 3.05) is 13.2 Å². The summed E-state index contributed by atoms with van der Waals surface area (Å²) < 4.78 is 24.8. The van der Waals surface area contributed by atoms with E-state index in [1.165, 1.54) is 18.2 Å². The Hall–Kier alpha value is -3.51. The van der Waals surface area contributed by atoms with E-state index in [-0.39, 0.29) is 17.8 Å². The van der Waals surface area contributed by atoms with Crippen LogP contribution in [0.3, 0.4) is 0 Å². The van der Waals surface area contributed by atoms with Gasteiger partial charge in [-0.05, 0) is 59.2 Å². The minimum atomic E-state index is -0.335. The highest BCUT2D eigenvalue weighted by molar-refractivity contribution is 5.91. The van der Waals surface area contributed by atoms with Crippen molar-refractivity contribution < 1.29 is 18.7 Å². The molecule has 2 heterocycles. The van der Waals surface area contributed by atoms with E-state index >= 15 is 0 Å². The van der Waals surface area contributed by atoms with Crippen LogP contribution in [0.1, 0.15) is 23.1 Å². The molecule has 0 radical (unpaired) electrons. The van der Waals surface area contributed by atoms with Crippen LogP contribution in [0.4, 0.5) is 4.39 Å². The van der Waals surface area contributed by atoms with Crippen molar-refractivity contribution in [2.24, 2.45) is 0 Å². The van der Waals surface area contributed by atoms with Gasteiger partial charge < -0.3 is 14.4 Å². The highest BCUT2D eigenvalue weighted by atomic mass is 19.1. The molecule has 0 spiro atoms. The molecule has 1 fully saturated rings. The summed E-state index contributed by atoms with van der Waals surface area (Å²) in [6.07, 6.45) is 7.46. The van der Waals surface area contributed by atoms with Gasteiger partial charge in [-0.3, -0.25) is 9.78 Å². The monoisotopic (exact) mass is 432 g/mol. The average molecular weight is 432 g/mol. The maximum atomic E-state index is 13.5. The molecule has 0 saturated carbocycles. The summed E-state index contributed by atoms with van der Waals surface area (Å²) in [5.74, 6) is 0.268. The first-order valence-electron chi connectivity index (χ1n) is 10.6. The lowest BCUT2D eigenvalue weighted by Crippen LogP contribution is -2.28. The first kappa shape index (κ1) is 21.7. The zero-order chi connectivity index (χ0) is 22.2. The van der Waals surface area contributed by atoms with Gasteiger partial charge in [0.05, 0.1) is 13.2 Å². The highest BCUT2D eigenvalue weighted by Crippen LogP contribution is 2.20. The first-order valence-corrected chi connectivity index (χ1v) is 10.6. The van der Waals surface area contributed by atoms with E-state index in [2.05, 4.69) is 4.98 Å². The Labute approximate surface area is 187 Å². The second-order valence-corrected chi connectivity index (χ2v) is 7.69. The Kier molecular flexibility index (Phi) is 7.25. The first-order chi connectivity index (χ1) is 15.7. The van der Waals surface area contributed by atoms with E-state index in [4.69, 9.17) is 9.47 Å². The molecule has 3 aromatic rings. The molecule has 164 valence electrons. The van der Waals surface area contributed by atoms with Crippen LogP contribution in [-0.2, 0) is 22.6 Å². The van der Waals surface area contributed by atoms with Gasteiger partial charge in [0.2, 0.25) is 5.91 Å². The van der Waals surface area contributed by atoms with Gasteiger partial charge in [0, 0.05) is 38.0 Å². The van der Waals surface area contributed by atoms with Crippen LogP contribution in [0.5, 0.6) is 5.75 Å².